The third-order valence-corrected chi connectivity index (χ3v) is 7.67. The van der Waals surface area contributed by atoms with Crippen molar-refractivity contribution < 1.29 is 14.6 Å². The summed E-state index contributed by atoms with van der Waals surface area (Å²) in [6, 6.07) is 17.4. The van der Waals surface area contributed by atoms with Crippen LogP contribution in [0.15, 0.2) is 48.5 Å². The van der Waals surface area contributed by atoms with Gasteiger partial charge < -0.3 is 15.2 Å². The van der Waals surface area contributed by atoms with Crippen LogP contribution in [0.2, 0.25) is 0 Å². The van der Waals surface area contributed by atoms with Gasteiger partial charge in [0.2, 0.25) is 0 Å². The van der Waals surface area contributed by atoms with Gasteiger partial charge in [-0.15, -0.1) is 0 Å². The van der Waals surface area contributed by atoms with Crippen LogP contribution < -0.4 is 10.1 Å². The van der Waals surface area contributed by atoms with Crippen molar-refractivity contribution in [1.29, 1.82) is 0 Å². The molecule has 2 fully saturated rings. The molecule has 2 unspecified atom stereocenters. The average Bonchev–Trinajstić information content (AvgIpc) is 3.27. The summed E-state index contributed by atoms with van der Waals surface area (Å²) in [4.78, 5) is 11.2. The molecule has 2 aliphatic carbocycles. The molecule has 2 N–H and O–H groups in total. The van der Waals surface area contributed by atoms with Crippen LogP contribution >= 0.6 is 0 Å². The van der Waals surface area contributed by atoms with Crippen LogP contribution in [0.5, 0.6) is 5.75 Å². The van der Waals surface area contributed by atoms with Crippen LogP contribution in [0.1, 0.15) is 71.3 Å². The van der Waals surface area contributed by atoms with E-state index in [1.807, 2.05) is 0 Å². The van der Waals surface area contributed by atoms with E-state index in [4.69, 9.17) is 4.74 Å². The van der Waals surface area contributed by atoms with E-state index < -0.39 is 5.97 Å². The van der Waals surface area contributed by atoms with Crippen LogP contribution in [-0.4, -0.2) is 23.2 Å². The second kappa shape index (κ2) is 10.3. The molecule has 33 heavy (non-hydrogen) atoms. The third-order valence-electron chi connectivity index (χ3n) is 7.67. The maximum atomic E-state index is 11.2. The summed E-state index contributed by atoms with van der Waals surface area (Å²) >= 11 is 0. The fourth-order valence-electron chi connectivity index (χ4n) is 5.50. The van der Waals surface area contributed by atoms with Crippen molar-refractivity contribution in [2.24, 2.45) is 17.3 Å². The third kappa shape index (κ3) is 6.38. The molecular formula is C29H39NO3. The molecule has 4 rings (SSSR count). The largest absolute Gasteiger partial charge is 0.490 e. The lowest BCUT2D eigenvalue weighted by molar-refractivity contribution is -0.141. The molecular weight excluding hydrogens is 410 g/mol. The molecule has 0 bridgehead atoms. The van der Waals surface area contributed by atoms with E-state index >= 15 is 0 Å². The molecule has 0 heterocycles. The van der Waals surface area contributed by atoms with Crippen molar-refractivity contribution in [1.82, 2.24) is 5.32 Å². The molecule has 0 spiro atoms. The van der Waals surface area contributed by atoms with Gasteiger partial charge in [-0.05, 0) is 91.2 Å². The molecule has 0 aliphatic heterocycles. The van der Waals surface area contributed by atoms with Gasteiger partial charge in [-0.25, -0.2) is 0 Å². The minimum Gasteiger partial charge on any atom is -0.490 e. The highest BCUT2D eigenvalue weighted by molar-refractivity contribution is 5.70. The molecule has 2 saturated carbocycles. The smallest absolute Gasteiger partial charge is 0.306 e. The van der Waals surface area contributed by atoms with E-state index in [2.05, 4.69) is 74.6 Å². The van der Waals surface area contributed by atoms with Gasteiger partial charge in [-0.2, -0.15) is 0 Å². The number of aliphatic carboxylic acids is 1. The monoisotopic (exact) mass is 449 g/mol. The molecule has 0 radical (unpaired) electrons. The van der Waals surface area contributed by atoms with Crippen molar-refractivity contribution in [3.8, 4) is 16.9 Å². The standard InChI is InChI=1S/C29H39NO3/c1-29(2,3)24-11-14-26(15-12-24)33-27-9-5-8-22(18-27)21-7-4-6-20(16-21)19-30-25-13-10-23(17-25)28(31)32/h4-9,16,18,23-26,30H,10-15,17,19H2,1-3H3,(H,31,32). The number of ether oxygens (including phenoxy) is 1. The van der Waals surface area contributed by atoms with Crippen molar-refractivity contribution in [2.75, 3.05) is 0 Å². The molecule has 0 saturated heterocycles. The van der Waals surface area contributed by atoms with E-state index in [1.165, 1.54) is 29.5 Å². The molecule has 2 aromatic rings. The fourth-order valence-corrected chi connectivity index (χ4v) is 5.50. The first kappa shape index (κ1) is 23.8. The molecule has 4 heteroatoms. The van der Waals surface area contributed by atoms with Crippen molar-refractivity contribution in [3.63, 3.8) is 0 Å². The van der Waals surface area contributed by atoms with Gasteiger partial charge in [0.1, 0.15) is 5.75 Å². The lowest BCUT2D eigenvalue weighted by atomic mass is 9.72. The van der Waals surface area contributed by atoms with Gasteiger partial charge in [-0.3, -0.25) is 4.79 Å². The molecule has 2 atom stereocenters. The Labute approximate surface area is 198 Å². The number of hydrogen-bond acceptors (Lipinski definition) is 3. The quantitative estimate of drug-likeness (QED) is 0.495. The Morgan fingerprint density at radius 3 is 2.33 bits per heavy atom. The number of nitrogens with one attached hydrogen (secondary N) is 1. The number of carboxylic acids is 1. The van der Waals surface area contributed by atoms with Crippen molar-refractivity contribution in [3.05, 3.63) is 54.1 Å². The minimum absolute atomic E-state index is 0.194. The first-order chi connectivity index (χ1) is 15.8. The summed E-state index contributed by atoms with van der Waals surface area (Å²) in [5.41, 5.74) is 3.97. The Hall–Kier alpha value is -2.33. The average molecular weight is 450 g/mol. The minimum atomic E-state index is -0.661. The summed E-state index contributed by atoms with van der Waals surface area (Å²) in [7, 11) is 0. The van der Waals surface area contributed by atoms with E-state index in [9.17, 15) is 9.90 Å². The SMILES string of the molecule is CC(C)(C)C1CCC(Oc2cccc(-c3cccc(CNC4CCC(C(=O)O)C4)c3)c2)CC1. The number of carboxylic acid groups (broad SMARTS) is 1. The van der Waals surface area contributed by atoms with Gasteiger partial charge in [0.15, 0.2) is 0 Å². The van der Waals surface area contributed by atoms with Crippen LogP contribution in [-0.2, 0) is 11.3 Å². The maximum absolute atomic E-state index is 11.2. The van der Waals surface area contributed by atoms with Gasteiger partial charge in [0.25, 0.3) is 0 Å². The number of benzene rings is 2. The molecule has 0 amide bonds. The molecule has 0 aromatic heterocycles. The Morgan fingerprint density at radius 2 is 1.67 bits per heavy atom. The Bertz CT molecular complexity index is 940. The highest BCUT2D eigenvalue weighted by atomic mass is 16.5. The Balaban J connectivity index is 1.34. The van der Waals surface area contributed by atoms with E-state index in [0.29, 0.717) is 17.6 Å². The first-order valence-corrected chi connectivity index (χ1v) is 12.6. The Morgan fingerprint density at radius 1 is 0.970 bits per heavy atom. The normalized spacial score (nSPS) is 25.7. The predicted molar refractivity (Wildman–Crippen MR) is 133 cm³/mol. The highest BCUT2D eigenvalue weighted by Gasteiger charge is 2.31. The second-order valence-electron chi connectivity index (χ2n) is 11.1. The zero-order valence-corrected chi connectivity index (χ0v) is 20.3. The second-order valence-corrected chi connectivity index (χ2v) is 11.1. The maximum Gasteiger partial charge on any atom is 0.306 e. The Kier molecular flexibility index (Phi) is 7.43. The van der Waals surface area contributed by atoms with Gasteiger partial charge >= 0.3 is 5.97 Å². The summed E-state index contributed by atoms with van der Waals surface area (Å²) in [6.07, 6.45) is 7.52. The fraction of sp³-hybridized carbons (Fsp3) is 0.552. The lowest BCUT2D eigenvalue weighted by Crippen LogP contribution is -2.30. The molecule has 2 aliphatic rings. The van der Waals surface area contributed by atoms with Crippen LogP contribution in [0, 0.1) is 17.3 Å². The van der Waals surface area contributed by atoms with Gasteiger partial charge in [0, 0.05) is 12.6 Å². The first-order valence-electron chi connectivity index (χ1n) is 12.6. The summed E-state index contributed by atoms with van der Waals surface area (Å²) in [5.74, 6) is 0.894. The zero-order chi connectivity index (χ0) is 23.4. The molecule has 2 aromatic carbocycles. The number of rotatable bonds is 7. The van der Waals surface area contributed by atoms with E-state index in [1.54, 1.807) is 0 Å². The van der Waals surface area contributed by atoms with Gasteiger partial charge in [-0.1, -0.05) is 51.1 Å². The highest BCUT2D eigenvalue weighted by Crippen LogP contribution is 2.39. The van der Waals surface area contributed by atoms with Crippen LogP contribution in [0.4, 0.5) is 0 Å². The van der Waals surface area contributed by atoms with Crippen LogP contribution in [0.3, 0.4) is 0 Å². The summed E-state index contributed by atoms with van der Waals surface area (Å²) < 4.78 is 6.39. The van der Waals surface area contributed by atoms with E-state index in [-0.39, 0.29) is 5.92 Å². The topological polar surface area (TPSA) is 58.6 Å². The molecule has 4 nitrogen and oxygen atoms in total. The number of carbonyl (C=O) groups is 1. The summed E-state index contributed by atoms with van der Waals surface area (Å²) in [6.45, 7) is 7.82. The predicted octanol–water partition coefficient (Wildman–Crippen LogP) is 6.68. The zero-order valence-electron chi connectivity index (χ0n) is 20.3. The van der Waals surface area contributed by atoms with Crippen molar-refractivity contribution >= 4 is 5.97 Å². The van der Waals surface area contributed by atoms with E-state index in [0.717, 1.165) is 50.3 Å². The lowest BCUT2D eigenvalue weighted by Gasteiger charge is -2.37. The summed E-state index contributed by atoms with van der Waals surface area (Å²) in [5, 5.41) is 12.8. The number of hydrogen-bond donors (Lipinski definition) is 2. The molecule has 178 valence electrons. The van der Waals surface area contributed by atoms with Crippen LogP contribution in [0.25, 0.3) is 11.1 Å². The van der Waals surface area contributed by atoms with Crippen molar-refractivity contribution in [2.45, 2.75) is 84.4 Å². The van der Waals surface area contributed by atoms with Gasteiger partial charge in [0.05, 0.1) is 12.0 Å².